The SMILES string of the molecule is CCCCCCCC/C=C\CCCCCCCCCCCC(=O)OCCCC/C=C\CCCCCCC(=O)NC(CO)C(O)CCCCCCCCCCCCCCCCCC. The Balaban J connectivity index is 3.50. The number of carbonyl (C=O) groups is 2. The molecule has 6 heteroatoms. The van der Waals surface area contributed by atoms with Crippen LogP contribution in [0.1, 0.15) is 296 Å². The molecule has 0 aliphatic rings. The van der Waals surface area contributed by atoms with Gasteiger partial charge in [-0.25, -0.2) is 0 Å². The number of esters is 1. The second-order valence-electron chi connectivity index (χ2n) is 18.9. The molecule has 0 heterocycles. The highest BCUT2D eigenvalue weighted by Gasteiger charge is 2.20. The third-order valence-corrected chi connectivity index (χ3v) is 12.7. The van der Waals surface area contributed by atoms with E-state index < -0.39 is 12.1 Å². The summed E-state index contributed by atoms with van der Waals surface area (Å²) < 4.78 is 5.45. The summed E-state index contributed by atoms with van der Waals surface area (Å²) in [6.45, 7) is 4.87. The summed E-state index contributed by atoms with van der Waals surface area (Å²) in [5.41, 5.74) is 0. The van der Waals surface area contributed by atoms with Gasteiger partial charge < -0.3 is 20.3 Å². The van der Waals surface area contributed by atoms with Gasteiger partial charge in [0.05, 0.1) is 25.4 Å². The third kappa shape index (κ3) is 47.8. The molecule has 0 aliphatic carbocycles. The average Bonchev–Trinajstić information content (AvgIpc) is 3.27. The molecule has 0 aliphatic heterocycles. The number of rotatable bonds is 51. The first kappa shape index (κ1) is 60.3. The van der Waals surface area contributed by atoms with Gasteiger partial charge in [-0.3, -0.25) is 9.59 Å². The van der Waals surface area contributed by atoms with Crippen LogP contribution < -0.4 is 5.32 Å². The quantitative estimate of drug-likeness (QED) is 0.0321. The van der Waals surface area contributed by atoms with Gasteiger partial charge in [0.2, 0.25) is 5.91 Å². The predicted octanol–water partition coefficient (Wildman–Crippen LogP) is 16.7. The Morgan fingerprint density at radius 1 is 0.435 bits per heavy atom. The minimum absolute atomic E-state index is 0.0365. The second-order valence-corrected chi connectivity index (χ2v) is 18.9. The predicted molar refractivity (Wildman–Crippen MR) is 269 cm³/mol. The lowest BCUT2D eigenvalue weighted by molar-refractivity contribution is -0.143. The fourth-order valence-electron chi connectivity index (χ4n) is 8.45. The summed E-state index contributed by atoms with van der Waals surface area (Å²) in [7, 11) is 0. The highest BCUT2D eigenvalue weighted by atomic mass is 16.5. The molecule has 1 amide bonds. The van der Waals surface area contributed by atoms with E-state index in [4.69, 9.17) is 4.74 Å². The zero-order chi connectivity index (χ0) is 45.1. The van der Waals surface area contributed by atoms with Crippen LogP contribution in [-0.2, 0) is 14.3 Å². The van der Waals surface area contributed by atoms with Crippen LogP contribution in [0.5, 0.6) is 0 Å². The van der Waals surface area contributed by atoms with Crippen molar-refractivity contribution < 1.29 is 24.5 Å². The molecule has 0 radical (unpaired) electrons. The maximum atomic E-state index is 12.5. The number of unbranched alkanes of at least 4 members (excludes halogenated alkanes) is 36. The van der Waals surface area contributed by atoms with E-state index in [1.54, 1.807) is 0 Å². The number of allylic oxidation sites excluding steroid dienone is 4. The molecule has 0 spiro atoms. The molecule has 366 valence electrons. The zero-order valence-corrected chi connectivity index (χ0v) is 41.6. The van der Waals surface area contributed by atoms with Gasteiger partial charge >= 0.3 is 5.97 Å². The van der Waals surface area contributed by atoms with Crippen LogP contribution >= 0.6 is 0 Å². The van der Waals surface area contributed by atoms with Crippen molar-refractivity contribution in [2.75, 3.05) is 13.2 Å². The normalized spacial score (nSPS) is 12.8. The molecule has 0 saturated carbocycles. The molecule has 3 N–H and O–H groups in total. The summed E-state index contributed by atoms with van der Waals surface area (Å²) in [6, 6.07) is -0.567. The average molecular weight is 874 g/mol. The molecule has 0 aromatic heterocycles. The number of ether oxygens (including phenoxy) is 1. The summed E-state index contributed by atoms with van der Waals surface area (Å²) in [5, 5.41) is 23.2. The van der Waals surface area contributed by atoms with Gasteiger partial charge in [-0.05, 0) is 77.0 Å². The standard InChI is InChI=1S/C56H107NO5/c1-3-5-7-9-11-13-15-17-19-21-22-23-25-27-29-34-38-42-46-50-56(61)62-51-47-43-39-35-31-30-33-37-41-45-49-55(60)57-53(52-58)54(59)48-44-40-36-32-28-26-24-20-18-16-14-12-10-8-6-4-2/h17,19,31,35,53-54,58-59H,3-16,18,20-30,32-34,36-52H2,1-2H3,(H,57,60)/b19-17-,35-31-. The molecule has 62 heavy (non-hydrogen) atoms. The molecule has 0 aromatic rings. The van der Waals surface area contributed by atoms with E-state index in [9.17, 15) is 19.8 Å². The van der Waals surface area contributed by atoms with Gasteiger partial charge in [0.1, 0.15) is 0 Å². The fraction of sp³-hybridized carbons (Fsp3) is 0.893. The molecule has 2 atom stereocenters. The van der Waals surface area contributed by atoms with Crippen molar-refractivity contribution in [2.24, 2.45) is 0 Å². The number of aliphatic hydroxyl groups is 2. The molecule has 2 unspecified atom stereocenters. The molecular formula is C56H107NO5. The lowest BCUT2D eigenvalue weighted by Crippen LogP contribution is -2.45. The van der Waals surface area contributed by atoms with Gasteiger partial charge in [-0.2, -0.15) is 0 Å². The van der Waals surface area contributed by atoms with E-state index >= 15 is 0 Å². The van der Waals surface area contributed by atoms with Gasteiger partial charge in [-0.1, -0.05) is 231 Å². The van der Waals surface area contributed by atoms with E-state index in [0.717, 1.165) is 77.0 Å². The largest absolute Gasteiger partial charge is 0.466 e. The first-order valence-electron chi connectivity index (χ1n) is 27.6. The van der Waals surface area contributed by atoms with Crippen molar-refractivity contribution in [3.05, 3.63) is 24.3 Å². The molecule has 0 saturated heterocycles. The van der Waals surface area contributed by atoms with Crippen LogP contribution in [0, 0.1) is 0 Å². The minimum Gasteiger partial charge on any atom is -0.466 e. The Kier molecular flexibility index (Phi) is 50.6. The molecule has 6 nitrogen and oxygen atoms in total. The van der Waals surface area contributed by atoms with Gasteiger partial charge in [-0.15, -0.1) is 0 Å². The number of carbonyl (C=O) groups excluding carboxylic acids is 2. The van der Waals surface area contributed by atoms with Crippen molar-refractivity contribution >= 4 is 11.9 Å². The Morgan fingerprint density at radius 2 is 0.758 bits per heavy atom. The first-order valence-corrected chi connectivity index (χ1v) is 27.6. The number of amides is 1. The Morgan fingerprint density at radius 3 is 1.15 bits per heavy atom. The lowest BCUT2D eigenvalue weighted by atomic mass is 10.0. The van der Waals surface area contributed by atoms with Gasteiger partial charge in [0.25, 0.3) is 0 Å². The number of aliphatic hydroxyl groups excluding tert-OH is 2. The maximum absolute atomic E-state index is 12.5. The summed E-state index contributed by atoms with van der Waals surface area (Å²) in [5.74, 6) is -0.106. The smallest absolute Gasteiger partial charge is 0.305 e. The van der Waals surface area contributed by atoms with E-state index in [-0.39, 0.29) is 18.5 Å². The van der Waals surface area contributed by atoms with Crippen molar-refractivity contribution in [3.8, 4) is 0 Å². The van der Waals surface area contributed by atoms with Crippen molar-refractivity contribution in [1.29, 1.82) is 0 Å². The Labute approximate surface area is 386 Å². The van der Waals surface area contributed by atoms with E-state index in [1.807, 2.05) is 0 Å². The van der Waals surface area contributed by atoms with Crippen molar-refractivity contribution in [2.45, 2.75) is 309 Å². The van der Waals surface area contributed by atoms with Crippen LogP contribution in [0.4, 0.5) is 0 Å². The third-order valence-electron chi connectivity index (χ3n) is 12.7. The summed E-state index contributed by atoms with van der Waals surface area (Å²) in [6.07, 6.45) is 61.6. The number of hydrogen-bond acceptors (Lipinski definition) is 5. The Hall–Kier alpha value is -1.66. The zero-order valence-electron chi connectivity index (χ0n) is 41.6. The van der Waals surface area contributed by atoms with Crippen molar-refractivity contribution in [3.63, 3.8) is 0 Å². The molecule has 0 fully saturated rings. The second kappa shape index (κ2) is 52.0. The summed E-state index contributed by atoms with van der Waals surface area (Å²) >= 11 is 0. The van der Waals surface area contributed by atoms with Crippen molar-refractivity contribution in [1.82, 2.24) is 5.32 Å². The lowest BCUT2D eigenvalue weighted by Gasteiger charge is -2.22. The first-order chi connectivity index (χ1) is 30.5. The number of hydrogen-bond donors (Lipinski definition) is 3. The van der Waals surface area contributed by atoms with Crippen LogP contribution in [0.2, 0.25) is 0 Å². The fourth-order valence-corrected chi connectivity index (χ4v) is 8.45. The Bertz CT molecular complexity index is 966. The van der Waals surface area contributed by atoms with Gasteiger partial charge in [0.15, 0.2) is 0 Å². The van der Waals surface area contributed by atoms with Crippen LogP contribution in [0.15, 0.2) is 24.3 Å². The summed E-state index contributed by atoms with van der Waals surface area (Å²) in [4.78, 5) is 24.5. The van der Waals surface area contributed by atoms with E-state index in [2.05, 4.69) is 43.5 Å². The monoisotopic (exact) mass is 874 g/mol. The minimum atomic E-state index is -0.686. The molecule has 0 aromatic carbocycles. The van der Waals surface area contributed by atoms with Crippen LogP contribution in [0.25, 0.3) is 0 Å². The highest BCUT2D eigenvalue weighted by molar-refractivity contribution is 5.76. The topological polar surface area (TPSA) is 95.9 Å². The van der Waals surface area contributed by atoms with Gasteiger partial charge in [0, 0.05) is 12.8 Å². The highest BCUT2D eigenvalue weighted by Crippen LogP contribution is 2.16. The molecule has 0 bridgehead atoms. The number of nitrogens with one attached hydrogen (secondary N) is 1. The molecular weight excluding hydrogens is 767 g/mol. The van der Waals surface area contributed by atoms with Crippen LogP contribution in [0.3, 0.4) is 0 Å². The van der Waals surface area contributed by atoms with E-state index in [1.165, 1.54) is 186 Å². The maximum Gasteiger partial charge on any atom is 0.305 e. The van der Waals surface area contributed by atoms with Crippen LogP contribution in [-0.4, -0.2) is 47.4 Å². The molecule has 0 rings (SSSR count). The van der Waals surface area contributed by atoms with E-state index in [0.29, 0.717) is 25.9 Å².